The van der Waals surface area contributed by atoms with Crippen molar-refractivity contribution < 1.29 is 24.2 Å². The Morgan fingerprint density at radius 2 is 1.88 bits per heavy atom. The molecule has 0 aliphatic rings. The molecule has 6 nitrogen and oxygen atoms in total. The maximum Gasteiger partial charge on any atom is 0.243 e. The van der Waals surface area contributed by atoms with Crippen molar-refractivity contribution in [1.82, 2.24) is 5.48 Å². The van der Waals surface area contributed by atoms with Crippen molar-refractivity contribution in [3.8, 4) is 11.5 Å². The van der Waals surface area contributed by atoms with Crippen LogP contribution in [0.2, 0.25) is 0 Å². The topological polar surface area (TPSA) is 77.0 Å². The van der Waals surface area contributed by atoms with E-state index in [1.807, 2.05) is 42.5 Å². The van der Waals surface area contributed by atoms with E-state index in [1.165, 1.54) is 7.11 Å². The molecule has 0 spiro atoms. The summed E-state index contributed by atoms with van der Waals surface area (Å²) in [5, 5.41) is 10.2. The van der Waals surface area contributed by atoms with Gasteiger partial charge in [-0.1, -0.05) is 24.3 Å². The minimum Gasteiger partial charge on any atom is -0.497 e. The number of aliphatic hydroxyl groups is 1. The van der Waals surface area contributed by atoms with Crippen LogP contribution in [0.3, 0.4) is 0 Å². The number of ether oxygens (including phenoxy) is 2. The zero-order valence-electron chi connectivity index (χ0n) is 14.4. The molecule has 0 saturated heterocycles. The Hall–Kier alpha value is -2.57. The number of carbonyl (C=O) groups is 1. The molecule has 0 fully saturated rings. The van der Waals surface area contributed by atoms with Crippen molar-refractivity contribution in [2.24, 2.45) is 0 Å². The maximum absolute atomic E-state index is 11.3. The third-order valence-electron chi connectivity index (χ3n) is 3.67. The van der Waals surface area contributed by atoms with Gasteiger partial charge in [-0.2, -0.15) is 0 Å². The fraction of sp³-hybridized carbons (Fsp3) is 0.316. The molecule has 0 radical (unpaired) electrons. The van der Waals surface area contributed by atoms with E-state index in [0.29, 0.717) is 24.3 Å². The molecule has 0 saturated carbocycles. The summed E-state index contributed by atoms with van der Waals surface area (Å²) in [5.74, 6) is 1.19. The number of aliphatic hydroxyl groups excluding tert-OH is 1. The number of hydrogen-bond donors (Lipinski definition) is 2. The molecule has 25 heavy (non-hydrogen) atoms. The van der Waals surface area contributed by atoms with Crippen LogP contribution in [0.1, 0.15) is 23.7 Å². The standard InChI is InChI=1S/C19H23NO5/c1-23-17-5-3-4-15(12-17)18(21)13-25-16-9-6-14(7-10-16)8-11-19(22)20-24-2/h3-7,9-10,12,18,21H,8,11,13H2,1-2H3,(H,20,22). The van der Waals surface area contributed by atoms with Gasteiger partial charge in [0.15, 0.2) is 0 Å². The number of benzene rings is 2. The van der Waals surface area contributed by atoms with Gasteiger partial charge in [0.05, 0.1) is 14.2 Å². The zero-order valence-corrected chi connectivity index (χ0v) is 14.4. The largest absolute Gasteiger partial charge is 0.497 e. The van der Waals surface area contributed by atoms with Gasteiger partial charge in [0.2, 0.25) is 5.91 Å². The molecular formula is C19H23NO5. The van der Waals surface area contributed by atoms with E-state index in [1.54, 1.807) is 13.2 Å². The molecule has 1 atom stereocenters. The van der Waals surface area contributed by atoms with Gasteiger partial charge in [0.1, 0.15) is 24.2 Å². The molecule has 0 aliphatic carbocycles. The van der Waals surface area contributed by atoms with Crippen molar-refractivity contribution in [2.45, 2.75) is 18.9 Å². The second kappa shape index (κ2) is 9.66. The van der Waals surface area contributed by atoms with Gasteiger partial charge < -0.3 is 14.6 Å². The molecule has 1 unspecified atom stereocenters. The van der Waals surface area contributed by atoms with Crippen LogP contribution in [0.4, 0.5) is 0 Å². The van der Waals surface area contributed by atoms with Crippen LogP contribution in [0.25, 0.3) is 0 Å². The Labute approximate surface area is 147 Å². The van der Waals surface area contributed by atoms with Crippen molar-refractivity contribution in [2.75, 3.05) is 20.8 Å². The first-order valence-electron chi connectivity index (χ1n) is 7.98. The molecule has 0 heterocycles. The Morgan fingerprint density at radius 1 is 1.12 bits per heavy atom. The lowest BCUT2D eigenvalue weighted by molar-refractivity contribution is -0.131. The van der Waals surface area contributed by atoms with Gasteiger partial charge in [0, 0.05) is 6.42 Å². The molecule has 0 aliphatic heterocycles. The lowest BCUT2D eigenvalue weighted by atomic mass is 10.1. The van der Waals surface area contributed by atoms with Gasteiger partial charge >= 0.3 is 0 Å². The summed E-state index contributed by atoms with van der Waals surface area (Å²) in [6.07, 6.45) is 0.220. The smallest absolute Gasteiger partial charge is 0.243 e. The Morgan fingerprint density at radius 3 is 2.56 bits per heavy atom. The minimum absolute atomic E-state index is 0.142. The third kappa shape index (κ3) is 6.10. The highest BCUT2D eigenvalue weighted by Gasteiger charge is 2.09. The van der Waals surface area contributed by atoms with E-state index >= 15 is 0 Å². The van der Waals surface area contributed by atoms with Gasteiger partial charge in [-0.15, -0.1) is 0 Å². The van der Waals surface area contributed by atoms with Crippen LogP contribution in [0, 0.1) is 0 Å². The van der Waals surface area contributed by atoms with Gasteiger partial charge in [0.25, 0.3) is 0 Å². The van der Waals surface area contributed by atoms with Crippen LogP contribution in [0.15, 0.2) is 48.5 Å². The number of hydrogen-bond acceptors (Lipinski definition) is 5. The molecule has 1 amide bonds. The summed E-state index contributed by atoms with van der Waals surface area (Å²) in [7, 11) is 2.99. The predicted octanol–water partition coefficient (Wildman–Crippen LogP) is 2.42. The molecular weight excluding hydrogens is 322 g/mol. The average molecular weight is 345 g/mol. The summed E-state index contributed by atoms with van der Waals surface area (Å²) in [5.41, 5.74) is 4.04. The highest BCUT2D eigenvalue weighted by molar-refractivity contribution is 5.75. The minimum atomic E-state index is -0.743. The van der Waals surface area contributed by atoms with Crippen molar-refractivity contribution in [3.63, 3.8) is 0 Å². The highest BCUT2D eigenvalue weighted by atomic mass is 16.6. The second-order valence-corrected chi connectivity index (χ2v) is 5.48. The van der Waals surface area contributed by atoms with Crippen molar-refractivity contribution >= 4 is 5.91 Å². The molecule has 134 valence electrons. The van der Waals surface area contributed by atoms with E-state index in [-0.39, 0.29) is 12.5 Å². The number of rotatable bonds is 9. The molecule has 2 rings (SSSR count). The lowest BCUT2D eigenvalue weighted by Crippen LogP contribution is -2.21. The van der Waals surface area contributed by atoms with E-state index < -0.39 is 6.10 Å². The highest BCUT2D eigenvalue weighted by Crippen LogP contribution is 2.21. The lowest BCUT2D eigenvalue weighted by Gasteiger charge is -2.14. The first kappa shape index (κ1) is 18.8. The number of amides is 1. The van der Waals surface area contributed by atoms with E-state index in [2.05, 4.69) is 10.3 Å². The Bertz CT molecular complexity index is 672. The van der Waals surface area contributed by atoms with Crippen LogP contribution in [0.5, 0.6) is 11.5 Å². The first-order chi connectivity index (χ1) is 12.1. The van der Waals surface area contributed by atoms with Crippen LogP contribution in [-0.2, 0) is 16.1 Å². The Kier molecular flexibility index (Phi) is 7.25. The third-order valence-corrected chi connectivity index (χ3v) is 3.67. The van der Waals surface area contributed by atoms with Crippen LogP contribution < -0.4 is 15.0 Å². The monoisotopic (exact) mass is 345 g/mol. The number of methoxy groups -OCH3 is 1. The SMILES string of the molecule is CONC(=O)CCc1ccc(OCC(O)c2cccc(OC)c2)cc1. The van der Waals surface area contributed by atoms with E-state index in [4.69, 9.17) is 9.47 Å². The molecule has 2 aromatic carbocycles. The summed E-state index contributed by atoms with van der Waals surface area (Å²) in [6.45, 7) is 0.142. The quantitative estimate of drug-likeness (QED) is 0.683. The van der Waals surface area contributed by atoms with Gasteiger partial charge in [-0.25, -0.2) is 5.48 Å². The van der Waals surface area contributed by atoms with Gasteiger partial charge in [-0.05, 0) is 41.8 Å². The maximum atomic E-state index is 11.3. The summed E-state index contributed by atoms with van der Waals surface area (Å²) in [6, 6.07) is 14.7. The molecule has 2 aromatic rings. The fourth-order valence-electron chi connectivity index (χ4n) is 2.30. The summed E-state index contributed by atoms with van der Waals surface area (Å²) in [4.78, 5) is 15.9. The average Bonchev–Trinajstić information content (AvgIpc) is 2.65. The molecule has 0 aromatic heterocycles. The molecule has 0 bridgehead atoms. The zero-order chi connectivity index (χ0) is 18.1. The predicted molar refractivity (Wildman–Crippen MR) is 93.4 cm³/mol. The van der Waals surface area contributed by atoms with Gasteiger partial charge in [-0.3, -0.25) is 9.63 Å². The fourth-order valence-corrected chi connectivity index (χ4v) is 2.30. The number of carbonyl (C=O) groups excluding carboxylic acids is 1. The molecule has 2 N–H and O–H groups in total. The summed E-state index contributed by atoms with van der Waals surface area (Å²) >= 11 is 0. The second-order valence-electron chi connectivity index (χ2n) is 5.48. The molecule has 6 heteroatoms. The van der Waals surface area contributed by atoms with Crippen molar-refractivity contribution in [3.05, 3.63) is 59.7 Å². The number of nitrogens with one attached hydrogen (secondary N) is 1. The van der Waals surface area contributed by atoms with E-state index in [9.17, 15) is 9.90 Å². The van der Waals surface area contributed by atoms with Crippen LogP contribution >= 0.6 is 0 Å². The van der Waals surface area contributed by atoms with Crippen molar-refractivity contribution in [1.29, 1.82) is 0 Å². The van der Waals surface area contributed by atoms with E-state index in [0.717, 1.165) is 11.1 Å². The Balaban J connectivity index is 1.83. The normalized spacial score (nSPS) is 11.6. The number of hydroxylamine groups is 1. The van der Waals surface area contributed by atoms with Crippen LogP contribution in [-0.4, -0.2) is 31.8 Å². The first-order valence-corrected chi connectivity index (χ1v) is 7.98. The number of aryl methyl sites for hydroxylation is 1. The summed E-state index contributed by atoms with van der Waals surface area (Å²) < 4.78 is 10.8.